The van der Waals surface area contributed by atoms with Crippen LogP contribution in [0.5, 0.6) is 17.2 Å². The van der Waals surface area contributed by atoms with Crippen molar-refractivity contribution in [2.24, 2.45) is 0 Å². The van der Waals surface area contributed by atoms with E-state index in [1.165, 1.54) is 31.4 Å². The third kappa shape index (κ3) is 2.04. The smallest absolute Gasteiger partial charge is 0.200 e. The van der Waals surface area contributed by atoms with E-state index in [4.69, 9.17) is 4.74 Å². The Hall–Kier alpha value is -1.97. The van der Waals surface area contributed by atoms with Crippen molar-refractivity contribution in [1.29, 1.82) is 0 Å². The Balaban J connectivity index is 3.15. The zero-order valence-electron chi connectivity index (χ0n) is 7.60. The summed E-state index contributed by atoms with van der Waals surface area (Å²) in [4.78, 5) is 10.1. The number of ether oxygens (including phenoxy) is 1. The maximum Gasteiger partial charge on any atom is 0.200 e. The second-order valence-corrected chi connectivity index (χ2v) is 2.59. The Labute approximate surface area is 81.1 Å². The first-order chi connectivity index (χ1) is 6.69. The lowest BCUT2D eigenvalue weighted by atomic mass is 10.1. The zero-order valence-corrected chi connectivity index (χ0v) is 7.60. The molecule has 1 rings (SSSR count). The Morgan fingerprint density at radius 3 is 2.64 bits per heavy atom. The van der Waals surface area contributed by atoms with Crippen LogP contribution in [-0.4, -0.2) is 23.6 Å². The number of rotatable bonds is 3. The van der Waals surface area contributed by atoms with Crippen LogP contribution in [0, 0.1) is 0 Å². The summed E-state index contributed by atoms with van der Waals surface area (Å²) in [7, 11) is 1.38. The number of phenolic OH excluding ortho intramolecular Hbond substituents is 2. The monoisotopic (exact) mass is 194 g/mol. The lowest BCUT2D eigenvalue weighted by molar-refractivity contribution is -0.104. The summed E-state index contributed by atoms with van der Waals surface area (Å²) in [5.41, 5.74) is 0.573. The molecule has 0 radical (unpaired) electrons. The summed E-state index contributed by atoms with van der Waals surface area (Å²) in [5, 5.41) is 18.5. The number of allylic oxidation sites excluding steroid dienone is 1. The molecule has 0 unspecified atom stereocenters. The molecule has 14 heavy (non-hydrogen) atoms. The van der Waals surface area contributed by atoms with E-state index in [2.05, 4.69) is 0 Å². The lowest BCUT2D eigenvalue weighted by Crippen LogP contribution is -1.85. The maximum atomic E-state index is 10.1. The number of hydrogen-bond acceptors (Lipinski definition) is 4. The minimum atomic E-state index is -0.309. The van der Waals surface area contributed by atoms with Crippen molar-refractivity contribution >= 4 is 12.4 Å². The average Bonchev–Trinajstić information content (AvgIpc) is 2.19. The van der Waals surface area contributed by atoms with Gasteiger partial charge in [-0.05, 0) is 23.8 Å². The molecule has 74 valence electrons. The summed E-state index contributed by atoms with van der Waals surface area (Å²) in [6.45, 7) is 0. The van der Waals surface area contributed by atoms with Crippen molar-refractivity contribution in [3.05, 3.63) is 23.8 Å². The number of carbonyl (C=O) groups excluding carboxylic acids is 1. The molecule has 0 aliphatic rings. The molecule has 0 aromatic heterocycles. The van der Waals surface area contributed by atoms with Gasteiger partial charge >= 0.3 is 0 Å². The first-order valence-electron chi connectivity index (χ1n) is 3.91. The van der Waals surface area contributed by atoms with Crippen LogP contribution in [0.4, 0.5) is 0 Å². The van der Waals surface area contributed by atoms with Crippen LogP contribution in [-0.2, 0) is 4.79 Å². The van der Waals surface area contributed by atoms with Crippen molar-refractivity contribution in [2.75, 3.05) is 7.11 Å². The molecule has 0 atom stereocenters. The second kappa shape index (κ2) is 4.32. The molecular formula is C10H10O4. The van der Waals surface area contributed by atoms with Crippen LogP contribution in [0.3, 0.4) is 0 Å². The minimum absolute atomic E-state index is 0.163. The van der Waals surface area contributed by atoms with Gasteiger partial charge < -0.3 is 14.9 Å². The largest absolute Gasteiger partial charge is 0.504 e. The van der Waals surface area contributed by atoms with E-state index in [1.54, 1.807) is 0 Å². The van der Waals surface area contributed by atoms with Crippen LogP contribution in [0.15, 0.2) is 18.2 Å². The topological polar surface area (TPSA) is 66.8 Å². The summed E-state index contributed by atoms with van der Waals surface area (Å²) < 4.78 is 4.81. The minimum Gasteiger partial charge on any atom is -0.504 e. The van der Waals surface area contributed by atoms with Crippen molar-refractivity contribution in [3.8, 4) is 17.2 Å². The van der Waals surface area contributed by atoms with Gasteiger partial charge in [-0.25, -0.2) is 0 Å². The third-order valence-electron chi connectivity index (χ3n) is 1.66. The number of phenols is 2. The first kappa shape index (κ1) is 10.1. The van der Waals surface area contributed by atoms with Gasteiger partial charge in [0, 0.05) is 0 Å². The summed E-state index contributed by atoms with van der Waals surface area (Å²) in [5.74, 6) is -0.429. The lowest BCUT2D eigenvalue weighted by Gasteiger charge is -2.05. The summed E-state index contributed by atoms with van der Waals surface area (Å²) in [6, 6.07) is 2.84. The molecule has 0 saturated heterocycles. The molecule has 0 amide bonds. The first-order valence-corrected chi connectivity index (χ1v) is 3.91. The fourth-order valence-corrected chi connectivity index (χ4v) is 1.02. The molecule has 0 spiro atoms. The van der Waals surface area contributed by atoms with Gasteiger partial charge in [0.1, 0.15) is 6.29 Å². The van der Waals surface area contributed by atoms with Crippen LogP contribution < -0.4 is 4.74 Å². The van der Waals surface area contributed by atoms with Gasteiger partial charge in [0.2, 0.25) is 5.75 Å². The van der Waals surface area contributed by atoms with Gasteiger partial charge in [-0.1, -0.05) is 6.08 Å². The standard InChI is InChI=1S/C10H10O4/c1-14-9-6-7(3-2-4-11)5-8(12)10(9)13/h2-6,12-13H,1H3. The highest BCUT2D eigenvalue weighted by Crippen LogP contribution is 2.36. The van der Waals surface area contributed by atoms with Crippen LogP contribution in [0.2, 0.25) is 0 Å². The molecule has 0 fully saturated rings. The maximum absolute atomic E-state index is 10.1. The molecule has 4 nitrogen and oxygen atoms in total. The van der Waals surface area contributed by atoms with E-state index in [1.807, 2.05) is 0 Å². The van der Waals surface area contributed by atoms with Crippen molar-refractivity contribution < 1.29 is 19.7 Å². The number of aldehydes is 1. The highest BCUT2D eigenvalue weighted by Gasteiger charge is 2.07. The molecule has 1 aromatic carbocycles. The normalized spacial score (nSPS) is 10.4. The Morgan fingerprint density at radius 2 is 2.07 bits per heavy atom. The number of hydrogen-bond donors (Lipinski definition) is 2. The van der Waals surface area contributed by atoms with E-state index in [0.29, 0.717) is 11.8 Å². The molecule has 1 aromatic rings. The fourth-order valence-electron chi connectivity index (χ4n) is 1.02. The summed E-state index contributed by atoms with van der Waals surface area (Å²) >= 11 is 0. The van der Waals surface area contributed by atoms with Gasteiger partial charge in [0.15, 0.2) is 11.5 Å². The van der Waals surface area contributed by atoms with Crippen molar-refractivity contribution in [1.82, 2.24) is 0 Å². The van der Waals surface area contributed by atoms with E-state index < -0.39 is 0 Å². The van der Waals surface area contributed by atoms with Gasteiger partial charge in [-0.15, -0.1) is 0 Å². The molecule has 0 aliphatic carbocycles. The predicted molar refractivity (Wildman–Crippen MR) is 51.4 cm³/mol. The van der Waals surface area contributed by atoms with Crippen molar-refractivity contribution in [2.45, 2.75) is 0 Å². The Bertz CT molecular complexity index is 369. The Morgan fingerprint density at radius 1 is 1.36 bits per heavy atom. The zero-order chi connectivity index (χ0) is 10.6. The quantitative estimate of drug-likeness (QED) is 0.432. The Kier molecular flexibility index (Phi) is 3.12. The third-order valence-corrected chi connectivity index (χ3v) is 1.66. The van der Waals surface area contributed by atoms with Crippen LogP contribution in [0.25, 0.3) is 6.08 Å². The van der Waals surface area contributed by atoms with E-state index in [0.717, 1.165) is 0 Å². The molecule has 2 N–H and O–H groups in total. The fraction of sp³-hybridized carbons (Fsp3) is 0.100. The van der Waals surface area contributed by atoms with Gasteiger partial charge in [-0.3, -0.25) is 4.79 Å². The van der Waals surface area contributed by atoms with E-state index in [-0.39, 0.29) is 17.2 Å². The molecule has 4 heteroatoms. The highest BCUT2D eigenvalue weighted by atomic mass is 16.5. The van der Waals surface area contributed by atoms with Gasteiger partial charge in [-0.2, -0.15) is 0 Å². The SMILES string of the molecule is COc1cc(C=CC=O)cc(O)c1O. The van der Waals surface area contributed by atoms with Gasteiger partial charge in [0.05, 0.1) is 7.11 Å². The molecule has 0 bridgehead atoms. The number of carbonyl (C=O) groups is 1. The van der Waals surface area contributed by atoms with E-state index in [9.17, 15) is 15.0 Å². The van der Waals surface area contributed by atoms with Crippen LogP contribution in [0.1, 0.15) is 5.56 Å². The molecule has 0 aliphatic heterocycles. The molecular weight excluding hydrogens is 184 g/mol. The number of benzene rings is 1. The summed E-state index contributed by atoms with van der Waals surface area (Å²) in [6.07, 6.45) is 3.40. The van der Waals surface area contributed by atoms with Crippen molar-refractivity contribution in [3.63, 3.8) is 0 Å². The molecule has 0 saturated carbocycles. The van der Waals surface area contributed by atoms with E-state index >= 15 is 0 Å². The van der Waals surface area contributed by atoms with Crippen LogP contribution >= 0.6 is 0 Å². The number of aromatic hydroxyl groups is 2. The average molecular weight is 194 g/mol. The molecule has 0 heterocycles. The highest BCUT2D eigenvalue weighted by molar-refractivity contribution is 5.75. The number of methoxy groups -OCH3 is 1. The predicted octanol–water partition coefficient (Wildman–Crippen LogP) is 1.32. The second-order valence-electron chi connectivity index (χ2n) is 2.59. The van der Waals surface area contributed by atoms with Gasteiger partial charge in [0.25, 0.3) is 0 Å².